The van der Waals surface area contributed by atoms with E-state index >= 15 is 0 Å². The second-order valence-corrected chi connectivity index (χ2v) is 5.01. The van der Waals surface area contributed by atoms with Gasteiger partial charge in [-0.1, -0.05) is 34.8 Å². The van der Waals surface area contributed by atoms with Crippen LogP contribution in [0, 0.1) is 0 Å². The Morgan fingerprint density at radius 2 is 2.06 bits per heavy atom. The van der Waals surface area contributed by atoms with Gasteiger partial charge < -0.3 is 10.6 Å². The van der Waals surface area contributed by atoms with Crippen molar-refractivity contribution < 1.29 is 4.79 Å². The molecular weight excluding hydrogens is 268 g/mol. The minimum absolute atomic E-state index is 0.106. The maximum absolute atomic E-state index is 11.6. The number of hydrogen-bond donors (Lipinski definition) is 2. The second-order valence-electron chi connectivity index (χ2n) is 4.09. The molecule has 2 rings (SSSR count). The SMILES string of the molecule is O=C(Nc1cccc(Br)c1)NC1CCCC1. The lowest BCUT2D eigenvalue weighted by molar-refractivity contribution is 0.248. The Kier molecular flexibility index (Phi) is 3.83. The number of carbonyl (C=O) groups excluding carboxylic acids is 1. The molecule has 4 heteroatoms. The normalized spacial score (nSPS) is 16.1. The lowest BCUT2D eigenvalue weighted by Gasteiger charge is -2.12. The van der Waals surface area contributed by atoms with Gasteiger partial charge in [-0.2, -0.15) is 0 Å². The van der Waals surface area contributed by atoms with Crippen LogP contribution in [0.4, 0.5) is 10.5 Å². The topological polar surface area (TPSA) is 41.1 Å². The number of benzene rings is 1. The summed E-state index contributed by atoms with van der Waals surface area (Å²) in [6.07, 6.45) is 4.65. The largest absolute Gasteiger partial charge is 0.335 e. The van der Waals surface area contributed by atoms with Gasteiger partial charge in [-0.15, -0.1) is 0 Å². The van der Waals surface area contributed by atoms with Crippen molar-refractivity contribution in [3.63, 3.8) is 0 Å². The highest BCUT2D eigenvalue weighted by atomic mass is 79.9. The molecule has 1 saturated carbocycles. The molecule has 2 N–H and O–H groups in total. The average molecular weight is 283 g/mol. The Hall–Kier alpha value is -1.03. The standard InChI is InChI=1S/C12H15BrN2O/c13-9-4-3-7-11(8-9)15-12(16)14-10-5-1-2-6-10/h3-4,7-8,10H,1-2,5-6H2,(H2,14,15,16). The molecule has 0 spiro atoms. The van der Waals surface area contributed by atoms with Crippen molar-refractivity contribution in [2.75, 3.05) is 5.32 Å². The number of urea groups is 1. The van der Waals surface area contributed by atoms with Crippen molar-refractivity contribution >= 4 is 27.6 Å². The second kappa shape index (κ2) is 5.34. The van der Waals surface area contributed by atoms with E-state index in [1.54, 1.807) is 0 Å². The van der Waals surface area contributed by atoms with E-state index in [1.807, 2.05) is 24.3 Å². The molecule has 0 bridgehead atoms. The number of amides is 2. The Balaban J connectivity index is 1.86. The summed E-state index contributed by atoms with van der Waals surface area (Å²) in [5, 5.41) is 5.81. The highest BCUT2D eigenvalue weighted by Crippen LogP contribution is 2.18. The van der Waals surface area contributed by atoms with Crippen molar-refractivity contribution in [2.45, 2.75) is 31.7 Å². The van der Waals surface area contributed by atoms with E-state index in [2.05, 4.69) is 26.6 Å². The molecule has 3 nitrogen and oxygen atoms in total. The number of carbonyl (C=O) groups is 1. The maximum Gasteiger partial charge on any atom is 0.319 e. The summed E-state index contributed by atoms with van der Waals surface area (Å²) < 4.78 is 0.964. The molecule has 1 aliphatic rings. The van der Waals surface area contributed by atoms with Gasteiger partial charge in [-0.3, -0.25) is 0 Å². The van der Waals surface area contributed by atoms with Crippen molar-refractivity contribution in [1.82, 2.24) is 5.32 Å². The smallest absolute Gasteiger partial charge is 0.319 e. The Morgan fingerprint density at radius 3 is 2.75 bits per heavy atom. The van der Waals surface area contributed by atoms with Crippen LogP contribution >= 0.6 is 15.9 Å². The van der Waals surface area contributed by atoms with E-state index in [0.29, 0.717) is 6.04 Å². The van der Waals surface area contributed by atoms with Gasteiger partial charge in [-0.25, -0.2) is 4.79 Å². The molecule has 16 heavy (non-hydrogen) atoms. The fraction of sp³-hybridized carbons (Fsp3) is 0.417. The minimum atomic E-state index is -0.106. The van der Waals surface area contributed by atoms with E-state index in [1.165, 1.54) is 12.8 Å². The molecule has 0 heterocycles. The monoisotopic (exact) mass is 282 g/mol. The summed E-state index contributed by atoms with van der Waals surface area (Å²) in [5.41, 5.74) is 0.810. The molecule has 86 valence electrons. The summed E-state index contributed by atoms with van der Waals surface area (Å²) in [7, 11) is 0. The van der Waals surface area contributed by atoms with Gasteiger partial charge in [0.25, 0.3) is 0 Å². The van der Waals surface area contributed by atoms with Crippen molar-refractivity contribution in [3.05, 3.63) is 28.7 Å². The molecule has 1 aliphatic carbocycles. The van der Waals surface area contributed by atoms with Gasteiger partial charge in [0.05, 0.1) is 0 Å². The van der Waals surface area contributed by atoms with E-state index in [-0.39, 0.29) is 6.03 Å². The third-order valence-electron chi connectivity index (χ3n) is 2.77. The molecule has 0 aliphatic heterocycles. The quantitative estimate of drug-likeness (QED) is 0.856. The van der Waals surface area contributed by atoms with Gasteiger partial charge in [0.15, 0.2) is 0 Å². The predicted octanol–water partition coefficient (Wildman–Crippen LogP) is 3.51. The van der Waals surface area contributed by atoms with Crippen LogP contribution in [0.25, 0.3) is 0 Å². The Morgan fingerprint density at radius 1 is 1.31 bits per heavy atom. The first-order chi connectivity index (χ1) is 7.74. The molecule has 0 saturated heterocycles. The van der Waals surface area contributed by atoms with E-state index in [9.17, 15) is 4.79 Å². The van der Waals surface area contributed by atoms with Gasteiger partial charge in [-0.05, 0) is 31.0 Å². The van der Waals surface area contributed by atoms with Crippen LogP contribution in [0.5, 0.6) is 0 Å². The van der Waals surface area contributed by atoms with Crippen LogP contribution in [0.1, 0.15) is 25.7 Å². The lowest BCUT2D eigenvalue weighted by atomic mass is 10.2. The fourth-order valence-electron chi connectivity index (χ4n) is 1.99. The molecule has 1 fully saturated rings. The zero-order chi connectivity index (χ0) is 11.4. The number of rotatable bonds is 2. The summed E-state index contributed by atoms with van der Waals surface area (Å²) in [4.78, 5) is 11.6. The molecule has 2 amide bonds. The molecule has 0 radical (unpaired) electrons. The Bertz CT molecular complexity index is 375. The van der Waals surface area contributed by atoms with Crippen LogP contribution in [0.3, 0.4) is 0 Å². The number of nitrogens with one attached hydrogen (secondary N) is 2. The summed E-state index contributed by atoms with van der Waals surface area (Å²) in [6.45, 7) is 0. The molecular formula is C12H15BrN2O. The first kappa shape index (κ1) is 11.5. The Labute approximate surface area is 104 Å². The summed E-state index contributed by atoms with van der Waals surface area (Å²) in [6, 6.07) is 7.83. The lowest BCUT2D eigenvalue weighted by Crippen LogP contribution is -2.36. The third-order valence-corrected chi connectivity index (χ3v) is 3.27. The van der Waals surface area contributed by atoms with Crippen LogP contribution in [0.15, 0.2) is 28.7 Å². The van der Waals surface area contributed by atoms with Gasteiger partial charge >= 0.3 is 6.03 Å². The van der Waals surface area contributed by atoms with E-state index < -0.39 is 0 Å². The van der Waals surface area contributed by atoms with Crippen LogP contribution in [-0.2, 0) is 0 Å². The van der Waals surface area contributed by atoms with E-state index in [4.69, 9.17) is 0 Å². The summed E-state index contributed by atoms with van der Waals surface area (Å²) >= 11 is 3.37. The zero-order valence-electron chi connectivity index (χ0n) is 9.00. The first-order valence-corrected chi connectivity index (χ1v) is 6.36. The molecule has 1 aromatic rings. The van der Waals surface area contributed by atoms with Crippen molar-refractivity contribution in [1.29, 1.82) is 0 Å². The number of halogens is 1. The van der Waals surface area contributed by atoms with E-state index in [0.717, 1.165) is 23.0 Å². The fourth-order valence-corrected chi connectivity index (χ4v) is 2.39. The van der Waals surface area contributed by atoms with Crippen molar-refractivity contribution in [2.24, 2.45) is 0 Å². The maximum atomic E-state index is 11.6. The zero-order valence-corrected chi connectivity index (χ0v) is 10.6. The predicted molar refractivity (Wildman–Crippen MR) is 68.6 cm³/mol. The van der Waals surface area contributed by atoms with Crippen LogP contribution in [-0.4, -0.2) is 12.1 Å². The average Bonchev–Trinajstić information content (AvgIpc) is 2.70. The van der Waals surface area contributed by atoms with Gasteiger partial charge in [0, 0.05) is 16.2 Å². The highest BCUT2D eigenvalue weighted by Gasteiger charge is 2.16. The minimum Gasteiger partial charge on any atom is -0.335 e. The molecule has 1 aromatic carbocycles. The van der Waals surface area contributed by atoms with Crippen LogP contribution in [0.2, 0.25) is 0 Å². The van der Waals surface area contributed by atoms with Gasteiger partial charge in [0.1, 0.15) is 0 Å². The van der Waals surface area contributed by atoms with Gasteiger partial charge in [0.2, 0.25) is 0 Å². The first-order valence-electron chi connectivity index (χ1n) is 5.57. The van der Waals surface area contributed by atoms with Crippen molar-refractivity contribution in [3.8, 4) is 0 Å². The van der Waals surface area contributed by atoms with Crippen LogP contribution < -0.4 is 10.6 Å². The third kappa shape index (κ3) is 3.23. The molecule has 0 unspecified atom stereocenters. The molecule has 0 atom stereocenters. The molecule has 0 aromatic heterocycles. The number of hydrogen-bond acceptors (Lipinski definition) is 1. The highest BCUT2D eigenvalue weighted by molar-refractivity contribution is 9.10. The number of anilines is 1. The summed E-state index contributed by atoms with van der Waals surface area (Å²) in [5.74, 6) is 0.